The number of anilines is 3. The smallest absolute Gasteiger partial charge is 0.323 e. The first kappa shape index (κ1) is 28.2. The van der Waals surface area contributed by atoms with Crippen molar-refractivity contribution in [2.24, 2.45) is 0 Å². The third-order valence-electron chi connectivity index (χ3n) is 6.98. The predicted molar refractivity (Wildman–Crippen MR) is 153 cm³/mol. The first-order valence-electron chi connectivity index (χ1n) is 13.6. The van der Waals surface area contributed by atoms with Gasteiger partial charge in [0.25, 0.3) is 5.91 Å². The maximum Gasteiger partial charge on any atom is 0.323 e. The van der Waals surface area contributed by atoms with Gasteiger partial charge in [-0.3, -0.25) is 9.78 Å². The van der Waals surface area contributed by atoms with Crippen LogP contribution in [0.1, 0.15) is 43.7 Å². The van der Waals surface area contributed by atoms with Gasteiger partial charge in [0.1, 0.15) is 17.0 Å². The van der Waals surface area contributed by atoms with Crippen LogP contribution in [0, 0.1) is 12.7 Å². The highest BCUT2D eigenvalue weighted by atomic mass is 19.1. The number of morpholine rings is 1. The molecule has 0 saturated carbocycles. The lowest BCUT2D eigenvalue weighted by Crippen LogP contribution is -2.44. The molecule has 0 aliphatic carbocycles. The van der Waals surface area contributed by atoms with Crippen molar-refractivity contribution in [3.63, 3.8) is 0 Å². The maximum absolute atomic E-state index is 15.4. The summed E-state index contributed by atoms with van der Waals surface area (Å²) in [5.74, 6) is -0.457. The molecule has 4 heterocycles. The highest BCUT2D eigenvalue weighted by molar-refractivity contribution is 6.03. The molecule has 1 aromatic carbocycles. The number of pyridine rings is 1. The summed E-state index contributed by atoms with van der Waals surface area (Å²) in [5.41, 5.74) is 1.31. The number of amides is 3. The number of fused-ring (bicyclic) bond motifs is 1. The molecule has 3 aromatic rings. The Morgan fingerprint density at radius 3 is 2.68 bits per heavy atom. The molecule has 41 heavy (non-hydrogen) atoms. The second-order valence-corrected chi connectivity index (χ2v) is 10.8. The van der Waals surface area contributed by atoms with Gasteiger partial charge in [-0.25, -0.2) is 14.2 Å². The molecule has 1 saturated heterocycles. The molecule has 1 unspecified atom stereocenters. The van der Waals surface area contributed by atoms with Gasteiger partial charge in [0, 0.05) is 24.3 Å². The van der Waals surface area contributed by atoms with Gasteiger partial charge in [-0.2, -0.15) is 4.98 Å². The zero-order valence-corrected chi connectivity index (χ0v) is 23.8. The second kappa shape index (κ2) is 11.3. The van der Waals surface area contributed by atoms with Gasteiger partial charge < -0.3 is 29.9 Å². The molecule has 216 valence electrons. The quantitative estimate of drug-likeness (QED) is 0.466. The summed E-state index contributed by atoms with van der Waals surface area (Å²) in [6.45, 7) is 11.9. The Morgan fingerprint density at radius 2 is 2.00 bits per heavy atom. The second-order valence-electron chi connectivity index (χ2n) is 10.8. The zero-order valence-electron chi connectivity index (χ0n) is 23.8. The molecule has 2 N–H and O–H groups in total. The number of halogens is 1. The summed E-state index contributed by atoms with van der Waals surface area (Å²) in [7, 11) is 0. The van der Waals surface area contributed by atoms with Gasteiger partial charge in [0.15, 0.2) is 0 Å². The van der Waals surface area contributed by atoms with E-state index in [-0.39, 0.29) is 34.8 Å². The topological polar surface area (TPSA) is 122 Å². The summed E-state index contributed by atoms with van der Waals surface area (Å²) in [4.78, 5) is 43.6. The number of aryl methyl sites for hydroxylation is 1. The Kier molecular flexibility index (Phi) is 7.76. The minimum absolute atomic E-state index is 0.0122. The van der Waals surface area contributed by atoms with Crippen molar-refractivity contribution < 1.29 is 23.5 Å². The Bertz CT molecular complexity index is 1460. The minimum Gasteiger partial charge on any atom is -0.469 e. The lowest BCUT2D eigenvalue weighted by Gasteiger charge is -2.34. The fourth-order valence-corrected chi connectivity index (χ4v) is 4.89. The summed E-state index contributed by atoms with van der Waals surface area (Å²) >= 11 is 0. The lowest BCUT2D eigenvalue weighted by molar-refractivity contribution is 0.0541. The minimum atomic E-state index is -0.713. The van der Waals surface area contributed by atoms with Gasteiger partial charge in [0.2, 0.25) is 11.8 Å². The monoisotopic (exact) mass is 563 g/mol. The van der Waals surface area contributed by atoms with Crippen LogP contribution in [0.15, 0.2) is 36.5 Å². The number of benzene rings is 1. The lowest BCUT2D eigenvalue weighted by atomic mass is 10.0. The Balaban J connectivity index is 1.53. The third-order valence-corrected chi connectivity index (χ3v) is 6.98. The van der Waals surface area contributed by atoms with E-state index in [9.17, 15) is 9.59 Å². The number of rotatable bonds is 5. The van der Waals surface area contributed by atoms with Crippen molar-refractivity contribution in [2.75, 3.05) is 48.4 Å². The summed E-state index contributed by atoms with van der Waals surface area (Å²) in [6.07, 6.45) is 1.52. The molecule has 2 aliphatic heterocycles. The van der Waals surface area contributed by atoms with Crippen LogP contribution in [0.25, 0.3) is 11.3 Å². The molecule has 0 bridgehead atoms. The van der Waals surface area contributed by atoms with Crippen LogP contribution in [0.4, 0.5) is 26.5 Å². The van der Waals surface area contributed by atoms with Crippen LogP contribution in [-0.4, -0.2) is 76.3 Å². The number of nitrogens with one attached hydrogen (secondary N) is 2. The summed E-state index contributed by atoms with van der Waals surface area (Å²) < 4.78 is 27.3. The number of urea groups is 1. The van der Waals surface area contributed by atoms with E-state index in [0.29, 0.717) is 50.0 Å². The van der Waals surface area contributed by atoms with E-state index >= 15 is 4.39 Å². The zero-order chi connectivity index (χ0) is 29.3. The molecule has 1 fully saturated rings. The number of carbonyl (C=O) groups is 2. The molecular weight excluding hydrogens is 529 g/mol. The fourth-order valence-electron chi connectivity index (χ4n) is 4.89. The number of likely N-dealkylation sites (N-methyl/N-ethyl adjacent to an activating group) is 1. The van der Waals surface area contributed by atoms with Crippen LogP contribution < -0.4 is 20.3 Å². The van der Waals surface area contributed by atoms with Gasteiger partial charge in [-0.15, -0.1) is 0 Å². The molecular formula is C29H34FN7O4. The number of ether oxygens (including phenoxy) is 2. The first-order chi connectivity index (χ1) is 19.5. The molecule has 2 aliphatic rings. The van der Waals surface area contributed by atoms with Crippen molar-refractivity contribution in [3.05, 3.63) is 53.6 Å². The van der Waals surface area contributed by atoms with Crippen LogP contribution in [0.5, 0.6) is 5.88 Å². The number of aromatic nitrogens is 3. The van der Waals surface area contributed by atoms with E-state index in [1.807, 2.05) is 39.5 Å². The van der Waals surface area contributed by atoms with Crippen molar-refractivity contribution in [1.82, 2.24) is 19.9 Å². The molecule has 3 amide bonds. The highest BCUT2D eigenvalue weighted by Gasteiger charge is 2.38. The van der Waals surface area contributed by atoms with Gasteiger partial charge in [-0.05, 0) is 58.9 Å². The van der Waals surface area contributed by atoms with Crippen molar-refractivity contribution in [1.29, 1.82) is 0 Å². The third kappa shape index (κ3) is 6.07. The summed E-state index contributed by atoms with van der Waals surface area (Å²) in [6, 6.07) is 7.13. The van der Waals surface area contributed by atoms with Crippen LogP contribution >= 0.6 is 0 Å². The summed E-state index contributed by atoms with van der Waals surface area (Å²) in [5, 5.41) is 5.15. The highest BCUT2D eigenvalue weighted by Crippen LogP contribution is 2.37. The standard InChI is InChI=1S/C29H34FN7O4/c1-6-36-16-29(4,5)41-25-23(26(36)38)24(34-27(35-25)37-11-12-40-15-18(37)3)19-8-10-22(21(30)13-19)33-28(39)32-20-9-7-17(2)31-14-20/h7-10,13-14,18H,6,11-12,15-16H2,1-5H3,(H2,32,33,39). The van der Waals surface area contributed by atoms with E-state index in [1.165, 1.54) is 18.3 Å². The van der Waals surface area contributed by atoms with Crippen molar-refractivity contribution >= 4 is 29.3 Å². The largest absolute Gasteiger partial charge is 0.469 e. The molecule has 11 nitrogen and oxygen atoms in total. The van der Waals surface area contributed by atoms with Gasteiger partial charge in [-0.1, -0.05) is 6.07 Å². The number of nitrogens with zero attached hydrogens (tertiary/aromatic N) is 5. The number of hydrogen-bond acceptors (Lipinski definition) is 8. The molecule has 0 radical (unpaired) electrons. The average molecular weight is 564 g/mol. The average Bonchev–Trinajstić information content (AvgIpc) is 3.03. The Labute approximate surface area is 238 Å². The van der Waals surface area contributed by atoms with Crippen LogP contribution in [0.2, 0.25) is 0 Å². The van der Waals surface area contributed by atoms with E-state index in [1.54, 1.807) is 23.1 Å². The van der Waals surface area contributed by atoms with E-state index in [4.69, 9.17) is 19.4 Å². The Hall–Kier alpha value is -4.32. The molecule has 5 rings (SSSR count). The first-order valence-corrected chi connectivity index (χ1v) is 13.6. The molecule has 1 atom stereocenters. The molecule has 12 heteroatoms. The Morgan fingerprint density at radius 1 is 1.20 bits per heavy atom. The maximum atomic E-state index is 15.4. The van der Waals surface area contributed by atoms with E-state index < -0.39 is 17.4 Å². The van der Waals surface area contributed by atoms with Crippen molar-refractivity contribution in [3.8, 4) is 17.1 Å². The van der Waals surface area contributed by atoms with E-state index in [0.717, 1.165) is 5.69 Å². The predicted octanol–water partition coefficient (Wildman–Crippen LogP) is 4.49. The van der Waals surface area contributed by atoms with E-state index in [2.05, 4.69) is 15.6 Å². The fraction of sp³-hybridized carbons (Fsp3) is 0.414. The normalized spacial score (nSPS) is 18.3. The molecule has 0 spiro atoms. The van der Waals surface area contributed by atoms with Crippen molar-refractivity contribution in [2.45, 2.75) is 46.3 Å². The van der Waals surface area contributed by atoms with Gasteiger partial charge >= 0.3 is 6.03 Å². The van der Waals surface area contributed by atoms with Crippen LogP contribution in [-0.2, 0) is 4.74 Å². The number of hydrogen-bond donors (Lipinski definition) is 2. The van der Waals surface area contributed by atoms with Gasteiger partial charge in [0.05, 0.1) is 49.1 Å². The molecule has 2 aromatic heterocycles. The van der Waals surface area contributed by atoms with Crippen LogP contribution in [0.3, 0.4) is 0 Å². The number of carbonyl (C=O) groups excluding carboxylic acids is 2. The SMILES string of the molecule is CCN1CC(C)(C)Oc2nc(N3CCOCC3C)nc(-c3ccc(NC(=O)Nc4ccc(C)nc4)c(F)c3)c2C1=O.